The zero-order valence-corrected chi connectivity index (χ0v) is 15.8. The van der Waals surface area contributed by atoms with Crippen molar-refractivity contribution in [1.29, 1.82) is 0 Å². The zero-order chi connectivity index (χ0) is 19.5. The van der Waals surface area contributed by atoms with E-state index in [4.69, 9.17) is 0 Å². The van der Waals surface area contributed by atoms with Gasteiger partial charge in [-0.1, -0.05) is 36.4 Å². The summed E-state index contributed by atoms with van der Waals surface area (Å²) in [5.41, 5.74) is 3.14. The summed E-state index contributed by atoms with van der Waals surface area (Å²) in [5.74, 6) is -0.106. The van der Waals surface area contributed by atoms with Gasteiger partial charge in [-0.15, -0.1) is 0 Å². The van der Waals surface area contributed by atoms with Gasteiger partial charge in [-0.3, -0.25) is 14.6 Å². The number of amides is 1. The van der Waals surface area contributed by atoms with E-state index in [1.165, 1.54) is 10.7 Å². The van der Waals surface area contributed by atoms with Gasteiger partial charge in [-0.05, 0) is 38.0 Å². The van der Waals surface area contributed by atoms with Crippen LogP contribution in [0.5, 0.6) is 0 Å². The van der Waals surface area contributed by atoms with Gasteiger partial charge in [0.15, 0.2) is 0 Å². The minimum atomic E-state index is -0.280. The number of likely N-dealkylation sites (tertiary alicyclic amines) is 1. The Morgan fingerprint density at radius 2 is 1.89 bits per heavy atom. The molecule has 0 radical (unpaired) electrons. The van der Waals surface area contributed by atoms with E-state index in [1.807, 2.05) is 60.4 Å². The van der Waals surface area contributed by atoms with Crippen LogP contribution in [0.25, 0.3) is 11.3 Å². The first kappa shape index (κ1) is 18.1. The van der Waals surface area contributed by atoms with Crippen LogP contribution in [0.15, 0.2) is 65.5 Å². The molecule has 1 unspecified atom stereocenters. The fourth-order valence-corrected chi connectivity index (χ4v) is 3.67. The Morgan fingerprint density at radius 3 is 2.68 bits per heavy atom. The lowest BCUT2D eigenvalue weighted by atomic mass is 10.1. The number of benzene rings is 1. The highest BCUT2D eigenvalue weighted by Gasteiger charge is 2.31. The lowest BCUT2D eigenvalue weighted by Gasteiger charge is -2.24. The Bertz CT molecular complexity index is 1050. The second kappa shape index (κ2) is 7.76. The predicted molar refractivity (Wildman–Crippen MR) is 107 cm³/mol. The third-order valence-corrected chi connectivity index (χ3v) is 5.05. The van der Waals surface area contributed by atoms with Crippen LogP contribution in [-0.2, 0) is 11.3 Å². The molecule has 0 spiro atoms. The molecule has 4 rings (SSSR count). The van der Waals surface area contributed by atoms with Gasteiger partial charge in [-0.25, -0.2) is 4.68 Å². The van der Waals surface area contributed by atoms with Crippen molar-refractivity contribution in [2.75, 3.05) is 6.54 Å². The largest absolute Gasteiger partial charge is 0.332 e. The van der Waals surface area contributed by atoms with Crippen LogP contribution in [0, 0.1) is 6.92 Å². The van der Waals surface area contributed by atoms with Crippen LogP contribution in [0.2, 0.25) is 0 Å². The van der Waals surface area contributed by atoms with Crippen molar-refractivity contribution >= 4 is 5.91 Å². The predicted octanol–water partition coefficient (Wildman–Crippen LogP) is 2.98. The highest BCUT2D eigenvalue weighted by Crippen LogP contribution is 2.31. The molecule has 0 aliphatic carbocycles. The standard InChI is InChI=1S/C22H22N4O2/c1-16-7-5-10-19(23-16)20-11-6-14-25(20)22(28)15-26-21(27)13-12-18(24-26)17-8-3-2-4-9-17/h2-5,7-10,12-13,20H,6,11,14-15H2,1H3. The number of hydrogen-bond acceptors (Lipinski definition) is 4. The van der Waals surface area contributed by atoms with Crippen LogP contribution in [0.4, 0.5) is 0 Å². The van der Waals surface area contributed by atoms with E-state index in [-0.39, 0.29) is 24.1 Å². The Balaban J connectivity index is 1.57. The molecule has 3 aromatic rings. The maximum Gasteiger partial charge on any atom is 0.267 e. The molecule has 0 bridgehead atoms. The van der Waals surface area contributed by atoms with E-state index in [1.54, 1.807) is 6.07 Å². The summed E-state index contributed by atoms with van der Waals surface area (Å²) < 4.78 is 1.25. The van der Waals surface area contributed by atoms with E-state index in [9.17, 15) is 9.59 Å². The summed E-state index contributed by atoms with van der Waals surface area (Å²) in [5, 5.41) is 4.41. The molecule has 28 heavy (non-hydrogen) atoms. The quantitative estimate of drug-likeness (QED) is 0.704. The van der Waals surface area contributed by atoms with Crippen molar-refractivity contribution in [2.24, 2.45) is 0 Å². The molecule has 1 atom stereocenters. The van der Waals surface area contributed by atoms with Crippen LogP contribution in [-0.4, -0.2) is 32.1 Å². The molecule has 3 heterocycles. The Hall–Kier alpha value is -3.28. The van der Waals surface area contributed by atoms with Gasteiger partial charge in [0, 0.05) is 23.9 Å². The lowest BCUT2D eigenvalue weighted by molar-refractivity contribution is -0.133. The van der Waals surface area contributed by atoms with Gasteiger partial charge < -0.3 is 4.90 Å². The fourth-order valence-electron chi connectivity index (χ4n) is 3.67. The van der Waals surface area contributed by atoms with Crippen molar-refractivity contribution in [3.63, 3.8) is 0 Å². The van der Waals surface area contributed by atoms with Gasteiger partial charge in [-0.2, -0.15) is 5.10 Å². The van der Waals surface area contributed by atoms with Crippen molar-refractivity contribution in [1.82, 2.24) is 19.7 Å². The summed E-state index contributed by atoms with van der Waals surface area (Å²) in [7, 11) is 0. The normalized spacial score (nSPS) is 16.3. The molecule has 1 aromatic carbocycles. The van der Waals surface area contributed by atoms with Crippen LogP contribution in [0.3, 0.4) is 0 Å². The van der Waals surface area contributed by atoms with E-state index in [0.29, 0.717) is 12.2 Å². The van der Waals surface area contributed by atoms with Crippen molar-refractivity contribution in [2.45, 2.75) is 32.4 Å². The average Bonchev–Trinajstić information content (AvgIpc) is 3.20. The van der Waals surface area contributed by atoms with E-state index in [2.05, 4.69) is 10.1 Å². The van der Waals surface area contributed by atoms with Gasteiger partial charge >= 0.3 is 0 Å². The second-order valence-electron chi connectivity index (χ2n) is 7.03. The molecule has 1 saturated heterocycles. The number of aryl methyl sites for hydroxylation is 1. The molecule has 142 valence electrons. The first-order valence-electron chi connectivity index (χ1n) is 9.48. The van der Waals surface area contributed by atoms with Crippen molar-refractivity contribution in [3.05, 3.63) is 82.4 Å². The molecular weight excluding hydrogens is 352 g/mol. The average molecular weight is 374 g/mol. The molecule has 1 amide bonds. The number of hydrogen-bond donors (Lipinski definition) is 0. The minimum absolute atomic E-state index is 0.0413. The highest BCUT2D eigenvalue weighted by atomic mass is 16.2. The number of pyridine rings is 1. The molecule has 0 N–H and O–H groups in total. The zero-order valence-electron chi connectivity index (χ0n) is 15.8. The third kappa shape index (κ3) is 3.71. The lowest BCUT2D eigenvalue weighted by Crippen LogP contribution is -2.37. The van der Waals surface area contributed by atoms with Crippen LogP contribution >= 0.6 is 0 Å². The number of rotatable bonds is 4. The first-order chi connectivity index (χ1) is 13.6. The second-order valence-corrected chi connectivity index (χ2v) is 7.03. The highest BCUT2D eigenvalue weighted by molar-refractivity contribution is 5.76. The number of carbonyl (C=O) groups is 1. The minimum Gasteiger partial charge on any atom is -0.332 e. The number of carbonyl (C=O) groups excluding carboxylic acids is 1. The molecule has 1 aliphatic rings. The Morgan fingerprint density at radius 1 is 1.07 bits per heavy atom. The smallest absolute Gasteiger partial charge is 0.267 e. The molecule has 1 aliphatic heterocycles. The number of nitrogens with zero attached hydrogens (tertiary/aromatic N) is 4. The van der Waals surface area contributed by atoms with Crippen molar-refractivity contribution < 1.29 is 4.79 Å². The summed E-state index contributed by atoms with van der Waals surface area (Å²) in [4.78, 5) is 31.7. The first-order valence-corrected chi connectivity index (χ1v) is 9.48. The van der Waals surface area contributed by atoms with E-state index < -0.39 is 0 Å². The van der Waals surface area contributed by atoms with Crippen LogP contribution in [0.1, 0.15) is 30.3 Å². The third-order valence-electron chi connectivity index (χ3n) is 5.05. The molecule has 6 heteroatoms. The van der Waals surface area contributed by atoms with Crippen LogP contribution < -0.4 is 5.56 Å². The summed E-state index contributed by atoms with van der Waals surface area (Å²) >= 11 is 0. The SMILES string of the molecule is Cc1cccc(C2CCCN2C(=O)Cn2nc(-c3ccccc3)ccc2=O)n1. The number of aromatic nitrogens is 3. The van der Waals surface area contributed by atoms with Gasteiger partial charge in [0.25, 0.3) is 5.56 Å². The van der Waals surface area contributed by atoms with E-state index in [0.717, 1.165) is 29.8 Å². The van der Waals surface area contributed by atoms with Gasteiger partial charge in [0.05, 0.1) is 17.4 Å². The topological polar surface area (TPSA) is 68.1 Å². The molecule has 0 saturated carbocycles. The van der Waals surface area contributed by atoms with Gasteiger partial charge in [0.1, 0.15) is 6.54 Å². The van der Waals surface area contributed by atoms with E-state index >= 15 is 0 Å². The van der Waals surface area contributed by atoms with Crippen molar-refractivity contribution in [3.8, 4) is 11.3 Å². The monoisotopic (exact) mass is 374 g/mol. The molecular formula is C22H22N4O2. The molecule has 1 fully saturated rings. The maximum atomic E-state index is 13.0. The Labute approximate surface area is 163 Å². The summed E-state index contributed by atoms with van der Waals surface area (Å²) in [6, 6.07) is 18.6. The Kier molecular flexibility index (Phi) is 5.02. The van der Waals surface area contributed by atoms with Gasteiger partial charge in [0.2, 0.25) is 5.91 Å². The summed E-state index contributed by atoms with van der Waals surface area (Å²) in [6.45, 7) is 2.55. The maximum absolute atomic E-state index is 13.0. The fraction of sp³-hybridized carbons (Fsp3) is 0.273. The summed E-state index contributed by atoms with van der Waals surface area (Å²) in [6.07, 6.45) is 1.81. The molecule has 2 aromatic heterocycles. The molecule has 6 nitrogen and oxygen atoms in total.